The van der Waals surface area contributed by atoms with E-state index in [-0.39, 0.29) is 10.4 Å². The van der Waals surface area contributed by atoms with Crippen LogP contribution in [-0.2, 0) is 10.0 Å². The number of nitrogens with one attached hydrogen (secondary N) is 4. The minimum atomic E-state index is -4.01. The van der Waals surface area contributed by atoms with Gasteiger partial charge in [0, 0.05) is 22.7 Å². The Morgan fingerprint density at radius 1 is 0.824 bits per heavy atom. The second-order valence-electron chi connectivity index (χ2n) is 8.10. The molecule has 0 bridgehead atoms. The van der Waals surface area contributed by atoms with E-state index in [1.165, 1.54) is 12.1 Å². The second-order valence-corrected chi connectivity index (χ2v) is 10.2. The molecule has 3 aromatic carbocycles. The Morgan fingerprint density at radius 3 is 2.24 bits per heavy atom. The minimum Gasteiger partial charge on any atom is -0.361 e. The average molecular weight is 495 g/mol. The Hall–Kier alpha value is -3.82. The van der Waals surface area contributed by atoms with Crippen LogP contribution in [0.1, 0.15) is 11.1 Å². The fraction of sp³-hybridized carbons (Fsp3) is 0.0833. The molecule has 10 heteroatoms. The third-order valence-electron chi connectivity index (χ3n) is 5.73. The lowest BCUT2D eigenvalue weighted by atomic mass is 10.0. The normalized spacial score (nSPS) is 11.9. The Bertz CT molecular complexity index is 1830. The molecule has 0 aliphatic rings. The van der Waals surface area contributed by atoms with Crippen LogP contribution in [0.25, 0.3) is 33.1 Å². The highest BCUT2D eigenvalue weighted by atomic mass is 35.5. The molecular weight excluding hydrogens is 476 g/mol. The fourth-order valence-corrected chi connectivity index (χ4v) is 5.60. The van der Waals surface area contributed by atoms with Crippen LogP contribution in [-0.4, -0.2) is 23.4 Å². The van der Waals surface area contributed by atoms with Gasteiger partial charge in [0.15, 0.2) is 0 Å². The summed E-state index contributed by atoms with van der Waals surface area (Å²) in [6.07, 6.45) is 1.94. The molecule has 5 rings (SSSR count). The number of aromatic amines is 3. The zero-order valence-corrected chi connectivity index (χ0v) is 19.7. The molecule has 2 heterocycles. The van der Waals surface area contributed by atoms with Crippen molar-refractivity contribution >= 4 is 49.2 Å². The maximum absolute atomic E-state index is 13.1. The molecule has 0 amide bonds. The molecule has 0 radical (unpaired) electrons. The summed E-state index contributed by atoms with van der Waals surface area (Å²) in [4.78, 5) is 31.2. The SMILES string of the molecule is Cc1cc2[nH]c(=O)c(=O)[nH]c2cc1S(=O)(=O)Nc1ccc(-c2ccc3c(C)c[nH]c3c2)c(Cl)c1. The molecule has 4 N–H and O–H groups in total. The van der Waals surface area contributed by atoms with Crippen molar-refractivity contribution in [1.82, 2.24) is 15.0 Å². The number of H-pyrrole nitrogens is 3. The number of aryl methyl sites for hydroxylation is 2. The number of hydrogen-bond donors (Lipinski definition) is 4. The predicted molar refractivity (Wildman–Crippen MR) is 134 cm³/mol. The van der Waals surface area contributed by atoms with Crippen LogP contribution < -0.4 is 15.8 Å². The first-order valence-corrected chi connectivity index (χ1v) is 12.2. The highest BCUT2D eigenvalue weighted by Crippen LogP contribution is 2.33. The molecule has 5 aromatic rings. The van der Waals surface area contributed by atoms with Crippen molar-refractivity contribution < 1.29 is 8.42 Å². The standard InChI is InChI=1S/C24H19ClN4O4S/c1-12-7-20-21(28-24(31)23(30)27-20)10-22(12)34(32,33)29-15-4-6-17(18(25)9-15)14-3-5-16-13(2)11-26-19(16)8-14/h3-11,26,29H,1-2H3,(H,27,30)(H,28,31). The van der Waals surface area contributed by atoms with Gasteiger partial charge in [-0.15, -0.1) is 0 Å². The van der Waals surface area contributed by atoms with Gasteiger partial charge in [-0.3, -0.25) is 14.3 Å². The highest BCUT2D eigenvalue weighted by molar-refractivity contribution is 7.92. The smallest absolute Gasteiger partial charge is 0.314 e. The van der Waals surface area contributed by atoms with Gasteiger partial charge in [-0.2, -0.15) is 0 Å². The van der Waals surface area contributed by atoms with E-state index in [0.717, 1.165) is 27.6 Å². The van der Waals surface area contributed by atoms with Gasteiger partial charge in [0.1, 0.15) is 0 Å². The van der Waals surface area contributed by atoms with Gasteiger partial charge in [0.25, 0.3) is 10.0 Å². The van der Waals surface area contributed by atoms with E-state index in [1.807, 2.05) is 31.3 Å². The predicted octanol–water partition coefficient (Wildman–Crippen LogP) is 4.44. The number of sulfonamides is 1. The Kier molecular flexibility index (Phi) is 5.11. The van der Waals surface area contributed by atoms with Crippen LogP contribution in [0.3, 0.4) is 0 Å². The van der Waals surface area contributed by atoms with Crippen LogP contribution in [0.15, 0.2) is 69.2 Å². The zero-order chi connectivity index (χ0) is 24.2. The second kappa shape index (κ2) is 7.89. The number of anilines is 1. The van der Waals surface area contributed by atoms with E-state index >= 15 is 0 Å². The van der Waals surface area contributed by atoms with Crippen LogP contribution in [0.2, 0.25) is 5.02 Å². The van der Waals surface area contributed by atoms with Crippen LogP contribution in [0.5, 0.6) is 0 Å². The first-order chi connectivity index (χ1) is 16.1. The summed E-state index contributed by atoms with van der Waals surface area (Å²) >= 11 is 6.52. The molecule has 0 aliphatic heterocycles. The number of aromatic nitrogens is 3. The zero-order valence-electron chi connectivity index (χ0n) is 18.1. The third-order valence-corrected chi connectivity index (χ3v) is 7.56. The van der Waals surface area contributed by atoms with E-state index in [0.29, 0.717) is 21.8 Å². The maximum atomic E-state index is 13.1. The van der Waals surface area contributed by atoms with E-state index in [2.05, 4.69) is 19.7 Å². The lowest BCUT2D eigenvalue weighted by molar-refractivity contribution is 0.600. The molecule has 0 atom stereocenters. The van der Waals surface area contributed by atoms with Crippen molar-refractivity contribution in [2.75, 3.05) is 4.72 Å². The summed E-state index contributed by atoms with van der Waals surface area (Å²) < 4.78 is 28.8. The summed E-state index contributed by atoms with van der Waals surface area (Å²) in [6, 6.07) is 13.7. The van der Waals surface area contributed by atoms with Gasteiger partial charge < -0.3 is 15.0 Å². The van der Waals surface area contributed by atoms with Crippen LogP contribution in [0.4, 0.5) is 5.69 Å². The summed E-state index contributed by atoms with van der Waals surface area (Å²) in [5, 5.41) is 1.51. The molecule has 0 aliphatic carbocycles. The lowest BCUT2D eigenvalue weighted by Gasteiger charge is -2.13. The molecule has 8 nitrogen and oxygen atoms in total. The topological polar surface area (TPSA) is 128 Å². The first kappa shape index (κ1) is 22.0. The van der Waals surface area contributed by atoms with Gasteiger partial charge in [-0.25, -0.2) is 8.42 Å². The number of fused-ring (bicyclic) bond motifs is 2. The van der Waals surface area contributed by atoms with Gasteiger partial charge in [-0.05, 0) is 60.9 Å². The average Bonchev–Trinajstić information content (AvgIpc) is 3.14. The molecule has 0 unspecified atom stereocenters. The molecule has 172 valence electrons. The first-order valence-electron chi connectivity index (χ1n) is 10.3. The number of hydrogen-bond acceptors (Lipinski definition) is 4. The quantitative estimate of drug-likeness (QED) is 0.275. The van der Waals surface area contributed by atoms with Gasteiger partial charge in [0.2, 0.25) is 0 Å². The molecule has 0 spiro atoms. The lowest BCUT2D eigenvalue weighted by Crippen LogP contribution is -2.29. The number of rotatable bonds is 4. The highest BCUT2D eigenvalue weighted by Gasteiger charge is 2.19. The van der Waals surface area contributed by atoms with Gasteiger partial charge >= 0.3 is 11.1 Å². The van der Waals surface area contributed by atoms with E-state index < -0.39 is 21.1 Å². The third kappa shape index (κ3) is 3.78. The molecule has 0 fully saturated rings. The van der Waals surface area contributed by atoms with Crippen molar-refractivity contribution in [3.05, 3.63) is 91.6 Å². The molecular formula is C24H19ClN4O4S. The monoisotopic (exact) mass is 494 g/mol. The fourth-order valence-electron chi connectivity index (χ4n) is 4.00. The number of benzene rings is 3. The van der Waals surface area contributed by atoms with Crippen molar-refractivity contribution in [1.29, 1.82) is 0 Å². The molecule has 34 heavy (non-hydrogen) atoms. The molecule has 0 saturated heterocycles. The molecule has 0 saturated carbocycles. The van der Waals surface area contributed by atoms with Gasteiger partial charge in [0.05, 0.1) is 26.6 Å². The van der Waals surface area contributed by atoms with Crippen LogP contribution in [0, 0.1) is 13.8 Å². The van der Waals surface area contributed by atoms with E-state index in [1.54, 1.807) is 25.1 Å². The Morgan fingerprint density at radius 2 is 1.53 bits per heavy atom. The summed E-state index contributed by atoms with van der Waals surface area (Å²) in [6.45, 7) is 3.63. The van der Waals surface area contributed by atoms with Gasteiger partial charge in [-0.1, -0.05) is 29.8 Å². The summed E-state index contributed by atoms with van der Waals surface area (Å²) in [5.41, 5.74) is 3.38. The van der Waals surface area contributed by atoms with E-state index in [4.69, 9.17) is 11.6 Å². The van der Waals surface area contributed by atoms with E-state index in [9.17, 15) is 18.0 Å². The van der Waals surface area contributed by atoms with Crippen LogP contribution >= 0.6 is 11.6 Å². The Balaban J connectivity index is 1.49. The maximum Gasteiger partial charge on any atom is 0.314 e. The van der Waals surface area contributed by atoms with Crippen molar-refractivity contribution in [3.8, 4) is 11.1 Å². The van der Waals surface area contributed by atoms with Crippen molar-refractivity contribution in [2.45, 2.75) is 18.7 Å². The number of halogens is 1. The van der Waals surface area contributed by atoms with Crippen molar-refractivity contribution in [3.63, 3.8) is 0 Å². The van der Waals surface area contributed by atoms with Crippen molar-refractivity contribution in [2.24, 2.45) is 0 Å². The summed E-state index contributed by atoms with van der Waals surface area (Å²) in [5.74, 6) is 0. The minimum absolute atomic E-state index is 0.0320. The summed E-state index contributed by atoms with van der Waals surface area (Å²) in [7, 11) is -4.01. The largest absolute Gasteiger partial charge is 0.361 e. The Labute approximate surface area is 198 Å². The molecule has 2 aromatic heterocycles.